The largest absolute Gasteiger partial charge is 0.480 e. The Bertz CT molecular complexity index is 246. The molecule has 1 aromatic rings. The molecule has 0 aliphatic carbocycles. The number of hydrogen-bond acceptors (Lipinski definition) is 4. The van der Waals surface area contributed by atoms with E-state index in [9.17, 15) is 4.79 Å². The van der Waals surface area contributed by atoms with E-state index in [2.05, 4.69) is 4.98 Å². The minimum absolute atomic E-state index is 0.275. The van der Waals surface area contributed by atoms with Gasteiger partial charge in [0.2, 0.25) is 5.88 Å². The lowest BCUT2D eigenvalue weighted by molar-refractivity contribution is 0.0999. The number of nitrogens with zero attached hydrogens (tertiary/aromatic N) is 1. The molecule has 0 aromatic carbocycles. The highest BCUT2D eigenvalue weighted by Gasteiger charge is 2.05. The summed E-state index contributed by atoms with van der Waals surface area (Å²) >= 11 is 1.17. The van der Waals surface area contributed by atoms with Crippen LogP contribution in [0.15, 0.2) is 5.38 Å². The molecule has 0 unspecified atom stereocenters. The first-order valence-corrected chi connectivity index (χ1v) is 3.41. The Labute approximate surface area is 61.6 Å². The van der Waals surface area contributed by atoms with Crippen LogP contribution in [0.4, 0.5) is 0 Å². The maximum atomic E-state index is 10.4. The Morgan fingerprint density at radius 3 is 2.90 bits per heavy atom. The van der Waals surface area contributed by atoms with E-state index < -0.39 is 5.91 Å². The van der Waals surface area contributed by atoms with Crippen molar-refractivity contribution in [2.75, 3.05) is 7.11 Å². The summed E-state index contributed by atoms with van der Waals surface area (Å²) in [6.45, 7) is 0. The molecule has 0 atom stereocenters. The Morgan fingerprint density at radius 2 is 2.60 bits per heavy atom. The first kappa shape index (κ1) is 7.01. The second-order valence-electron chi connectivity index (χ2n) is 1.56. The van der Waals surface area contributed by atoms with Crippen molar-refractivity contribution in [2.45, 2.75) is 0 Å². The summed E-state index contributed by atoms with van der Waals surface area (Å²) in [5, 5.41) is 1.90. The zero-order chi connectivity index (χ0) is 7.56. The lowest BCUT2D eigenvalue weighted by atomic mass is 10.7. The zero-order valence-corrected chi connectivity index (χ0v) is 6.14. The molecule has 5 heteroatoms. The van der Waals surface area contributed by atoms with Gasteiger partial charge in [0.1, 0.15) is 0 Å². The molecule has 2 N–H and O–H groups in total. The molecule has 10 heavy (non-hydrogen) atoms. The highest BCUT2D eigenvalue weighted by atomic mass is 32.1. The lowest BCUT2D eigenvalue weighted by Gasteiger charge is -1.87. The van der Waals surface area contributed by atoms with Gasteiger partial charge in [-0.1, -0.05) is 0 Å². The number of methoxy groups -OCH3 is 1. The number of carbonyl (C=O) groups excluding carboxylic acids is 1. The number of amides is 1. The average molecular weight is 158 g/mol. The Morgan fingerprint density at radius 1 is 1.90 bits per heavy atom. The monoisotopic (exact) mass is 158 g/mol. The number of nitrogens with two attached hydrogens (primary N) is 1. The molecular weight excluding hydrogens is 152 g/mol. The van der Waals surface area contributed by atoms with Gasteiger partial charge in [-0.2, -0.15) is 4.98 Å². The minimum atomic E-state index is -0.520. The number of thiazole rings is 1. The van der Waals surface area contributed by atoms with Crippen molar-refractivity contribution in [1.29, 1.82) is 0 Å². The molecule has 1 aromatic heterocycles. The van der Waals surface area contributed by atoms with Crippen molar-refractivity contribution in [3.8, 4) is 5.88 Å². The number of ether oxygens (including phenoxy) is 1. The van der Waals surface area contributed by atoms with Gasteiger partial charge in [-0.25, -0.2) is 0 Å². The van der Waals surface area contributed by atoms with E-state index >= 15 is 0 Å². The number of carbonyl (C=O) groups is 1. The fourth-order valence-corrected chi connectivity index (χ4v) is 1.09. The van der Waals surface area contributed by atoms with Gasteiger partial charge >= 0.3 is 0 Å². The molecule has 1 heterocycles. The number of rotatable bonds is 2. The van der Waals surface area contributed by atoms with Gasteiger partial charge in [-0.05, 0) is 0 Å². The smallest absolute Gasteiger partial charge is 0.277 e. The summed E-state index contributed by atoms with van der Waals surface area (Å²) in [5.74, 6) is -0.0906. The van der Waals surface area contributed by atoms with E-state index in [1.54, 1.807) is 5.38 Å². The van der Waals surface area contributed by atoms with Gasteiger partial charge in [0.25, 0.3) is 5.91 Å². The number of aromatic nitrogens is 1. The van der Waals surface area contributed by atoms with Crippen LogP contribution in [0.2, 0.25) is 0 Å². The molecule has 0 bridgehead atoms. The first-order valence-electron chi connectivity index (χ1n) is 2.53. The van der Waals surface area contributed by atoms with E-state index in [4.69, 9.17) is 10.5 Å². The maximum absolute atomic E-state index is 10.4. The van der Waals surface area contributed by atoms with Crippen molar-refractivity contribution >= 4 is 17.2 Å². The van der Waals surface area contributed by atoms with Gasteiger partial charge < -0.3 is 10.5 Å². The molecule has 1 rings (SSSR count). The van der Waals surface area contributed by atoms with Gasteiger partial charge in [0, 0.05) is 0 Å². The lowest BCUT2D eigenvalue weighted by Crippen LogP contribution is -2.10. The van der Waals surface area contributed by atoms with Crippen LogP contribution in [-0.4, -0.2) is 18.0 Å². The quantitative estimate of drug-likeness (QED) is 0.671. The van der Waals surface area contributed by atoms with Crippen molar-refractivity contribution < 1.29 is 9.53 Å². The second-order valence-corrected chi connectivity index (χ2v) is 2.42. The second kappa shape index (κ2) is 2.66. The van der Waals surface area contributed by atoms with Crippen LogP contribution in [0.5, 0.6) is 5.88 Å². The molecular formula is C5H6N2O2S. The van der Waals surface area contributed by atoms with Gasteiger partial charge in [-0.3, -0.25) is 4.79 Å². The van der Waals surface area contributed by atoms with Crippen LogP contribution in [-0.2, 0) is 0 Å². The maximum Gasteiger partial charge on any atom is 0.277 e. The molecule has 0 spiro atoms. The molecule has 0 aliphatic heterocycles. The molecule has 1 amide bonds. The van der Waals surface area contributed by atoms with Crippen molar-refractivity contribution in [3.05, 3.63) is 10.4 Å². The van der Waals surface area contributed by atoms with E-state index in [1.165, 1.54) is 18.4 Å². The molecule has 4 nitrogen and oxygen atoms in total. The molecule has 0 saturated heterocycles. The third-order valence-electron chi connectivity index (χ3n) is 0.903. The third-order valence-corrected chi connectivity index (χ3v) is 1.74. The van der Waals surface area contributed by atoms with Crippen molar-refractivity contribution in [1.82, 2.24) is 4.98 Å². The highest BCUT2D eigenvalue weighted by Crippen LogP contribution is 2.14. The summed E-state index contributed by atoms with van der Waals surface area (Å²) in [7, 11) is 1.49. The summed E-state index contributed by atoms with van der Waals surface area (Å²) in [4.78, 5) is 14.2. The van der Waals surface area contributed by atoms with Crippen LogP contribution in [0.3, 0.4) is 0 Å². The van der Waals surface area contributed by atoms with Crippen LogP contribution in [0.25, 0.3) is 0 Å². The third kappa shape index (κ3) is 1.24. The summed E-state index contributed by atoms with van der Waals surface area (Å²) < 4.78 is 4.74. The topological polar surface area (TPSA) is 65.2 Å². The van der Waals surface area contributed by atoms with Crippen LogP contribution < -0.4 is 10.5 Å². The fraction of sp³-hybridized carbons (Fsp3) is 0.200. The van der Waals surface area contributed by atoms with Crippen LogP contribution in [0, 0.1) is 0 Å². The van der Waals surface area contributed by atoms with Crippen LogP contribution >= 0.6 is 11.3 Å². The molecule has 54 valence electrons. The summed E-state index contributed by atoms with van der Waals surface area (Å²) in [6.07, 6.45) is 0. The Kier molecular flexibility index (Phi) is 1.86. The molecule has 0 radical (unpaired) electrons. The van der Waals surface area contributed by atoms with Gasteiger partial charge in [0.15, 0.2) is 5.01 Å². The summed E-state index contributed by atoms with van der Waals surface area (Å²) in [5.41, 5.74) is 4.94. The normalized spacial score (nSPS) is 9.30. The fourth-order valence-electron chi connectivity index (χ4n) is 0.466. The predicted molar refractivity (Wildman–Crippen MR) is 37.2 cm³/mol. The van der Waals surface area contributed by atoms with Gasteiger partial charge in [0.05, 0.1) is 12.5 Å². The predicted octanol–water partition coefficient (Wildman–Crippen LogP) is 0.251. The summed E-state index contributed by atoms with van der Waals surface area (Å²) in [6, 6.07) is 0. The number of primary amides is 1. The average Bonchev–Trinajstić information content (AvgIpc) is 2.34. The molecule has 0 aliphatic rings. The van der Waals surface area contributed by atoms with Gasteiger partial charge in [-0.15, -0.1) is 11.3 Å². The highest BCUT2D eigenvalue weighted by molar-refractivity contribution is 7.11. The zero-order valence-electron chi connectivity index (χ0n) is 5.33. The van der Waals surface area contributed by atoms with E-state index in [-0.39, 0.29) is 5.01 Å². The van der Waals surface area contributed by atoms with Crippen LogP contribution in [0.1, 0.15) is 9.80 Å². The molecule has 0 saturated carbocycles. The standard InChI is InChI=1S/C5H6N2O2S/c1-9-3-2-10-5(7-3)4(6)8/h2H,1H3,(H2,6,8). The first-order chi connectivity index (χ1) is 4.74. The minimum Gasteiger partial charge on any atom is -0.480 e. The molecule has 0 fully saturated rings. The van der Waals surface area contributed by atoms with E-state index in [0.717, 1.165) is 0 Å². The van der Waals surface area contributed by atoms with E-state index in [0.29, 0.717) is 5.88 Å². The Hall–Kier alpha value is -1.10. The van der Waals surface area contributed by atoms with Crippen molar-refractivity contribution in [3.63, 3.8) is 0 Å². The van der Waals surface area contributed by atoms with E-state index in [1.807, 2.05) is 0 Å². The van der Waals surface area contributed by atoms with Crippen molar-refractivity contribution in [2.24, 2.45) is 5.73 Å². The Balaban J connectivity index is 2.88. The SMILES string of the molecule is COc1csc(C(N)=O)n1. The number of hydrogen-bond donors (Lipinski definition) is 1.